The number of carbonyl (C=O) groups excluding carboxylic acids is 1. The van der Waals surface area contributed by atoms with E-state index in [1.165, 1.54) is 24.3 Å². The second kappa shape index (κ2) is 9.23. The molecule has 172 valence electrons. The van der Waals surface area contributed by atoms with Crippen LogP contribution in [0, 0.1) is 11.6 Å². The van der Waals surface area contributed by atoms with Gasteiger partial charge in [-0.1, -0.05) is 29.8 Å². The van der Waals surface area contributed by atoms with E-state index in [-0.39, 0.29) is 35.2 Å². The van der Waals surface area contributed by atoms with Gasteiger partial charge in [0.2, 0.25) is 0 Å². The molecule has 1 N–H and O–H groups in total. The molecule has 0 aliphatic heterocycles. The van der Waals surface area contributed by atoms with Crippen LogP contribution in [-0.4, -0.2) is 20.4 Å². The minimum Gasteiger partial charge on any atom is -0.349 e. The molecule has 4 nitrogen and oxygen atoms in total. The quantitative estimate of drug-likeness (QED) is 0.503. The topological polar surface area (TPSA) is 63.2 Å². The Morgan fingerprint density at radius 3 is 2.21 bits per heavy atom. The minimum atomic E-state index is -4.11. The Labute approximate surface area is 196 Å². The molecule has 1 amide bonds. The third kappa shape index (κ3) is 4.52. The highest BCUT2D eigenvalue weighted by atomic mass is 35.5. The Morgan fingerprint density at radius 1 is 0.939 bits per heavy atom. The average Bonchev–Trinajstić information content (AvgIpc) is 2.82. The van der Waals surface area contributed by atoms with Gasteiger partial charge >= 0.3 is 0 Å². The molecule has 0 unspecified atom stereocenters. The van der Waals surface area contributed by atoms with Crippen LogP contribution < -0.4 is 5.32 Å². The van der Waals surface area contributed by atoms with Gasteiger partial charge in [-0.25, -0.2) is 17.2 Å². The first-order valence-electron chi connectivity index (χ1n) is 10.5. The Hall–Kier alpha value is -2.77. The molecular weight excluding hydrogens is 468 g/mol. The summed E-state index contributed by atoms with van der Waals surface area (Å²) in [6.07, 6.45) is 0.638. The third-order valence-electron chi connectivity index (χ3n) is 6.22. The monoisotopic (exact) mass is 489 g/mol. The van der Waals surface area contributed by atoms with Gasteiger partial charge in [-0.15, -0.1) is 0 Å². The van der Waals surface area contributed by atoms with Gasteiger partial charge in [0.1, 0.15) is 16.4 Å². The molecule has 0 heterocycles. The van der Waals surface area contributed by atoms with Crippen LogP contribution in [0.5, 0.6) is 0 Å². The predicted octanol–water partition coefficient (Wildman–Crippen LogP) is 5.66. The van der Waals surface area contributed by atoms with E-state index in [4.69, 9.17) is 11.6 Å². The molecule has 0 atom stereocenters. The van der Waals surface area contributed by atoms with Crippen molar-refractivity contribution in [3.63, 3.8) is 0 Å². The molecule has 0 spiro atoms. The number of benzene rings is 3. The summed E-state index contributed by atoms with van der Waals surface area (Å²) in [6.45, 7) is 0. The molecule has 1 saturated carbocycles. The lowest BCUT2D eigenvalue weighted by Crippen LogP contribution is -2.46. The zero-order valence-corrected chi connectivity index (χ0v) is 19.2. The fourth-order valence-corrected chi connectivity index (χ4v) is 6.75. The summed E-state index contributed by atoms with van der Waals surface area (Å²) in [7, 11) is -4.11. The van der Waals surface area contributed by atoms with Crippen molar-refractivity contribution in [1.82, 2.24) is 5.32 Å². The lowest BCUT2D eigenvalue weighted by atomic mass is 9.80. The van der Waals surface area contributed by atoms with Gasteiger partial charge in [-0.05, 0) is 80.3 Å². The highest BCUT2D eigenvalue weighted by molar-refractivity contribution is 7.92. The number of carbonyl (C=O) groups is 1. The van der Waals surface area contributed by atoms with Gasteiger partial charge in [0.05, 0.1) is 4.90 Å². The molecule has 33 heavy (non-hydrogen) atoms. The number of sulfone groups is 1. The van der Waals surface area contributed by atoms with Crippen molar-refractivity contribution in [2.45, 2.75) is 41.4 Å². The van der Waals surface area contributed by atoms with Crippen molar-refractivity contribution in [2.75, 3.05) is 0 Å². The lowest BCUT2D eigenvalue weighted by molar-refractivity contribution is 0.0923. The zero-order chi connectivity index (χ0) is 23.6. The maximum absolute atomic E-state index is 14.9. The molecular formula is C25H22ClF2NO3S. The largest absolute Gasteiger partial charge is 0.349 e. The van der Waals surface area contributed by atoms with E-state index in [1.807, 2.05) is 0 Å². The predicted molar refractivity (Wildman–Crippen MR) is 123 cm³/mol. The summed E-state index contributed by atoms with van der Waals surface area (Å²) in [6, 6.07) is 16.9. The van der Waals surface area contributed by atoms with Crippen LogP contribution in [0.3, 0.4) is 0 Å². The molecule has 4 rings (SSSR count). The molecule has 0 aromatic heterocycles. The SMILES string of the molecule is O=C(NC1CCC(c2cc(F)ccc2F)(S(=O)(=O)c2ccc(Cl)cc2)CC1)c1ccccc1. The first-order chi connectivity index (χ1) is 15.7. The Bertz CT molecular complexity index is 1260. The van der Waals surface area contributed by atoms with Crippen molar-refractivity contribution in [3.8, 4) is 0 Å². The smallest absolute Gasteiger partial charge is 0.251 e. The number of hydrogen-bond donors (Lipinski definition) is 1. The summed E-state index contributed by atoms with van der Waals surface area (Å²) >= 11 is 5.92. The normalized spacial score (nSPS) is 20.9. The van der Waals surface area contributed by atoms with E-state index >= 15 is 0 Å². The van der Waals surface area contributed by atoms with E-state index in [1.54, 1.807) is 30.3 Å². The molecule has 3 aromatic carbocycles. The van der Waals surface area contributed by atoms with Crippen LogP contribution in [-0.2, 0) is 14.6 Å². The molecule has 1 fully saturated rings. The van der Waals surface area contributed by atoms with Crippen LogP contribution in [0.15, 0.2) is 77.7 Å². The van der Waals surface area contributed by atoms with Crippen LogP contribution in [0.25, 0.3) is 0 Å². The van der Waals surface area contributed by atoms with Crippen molar-refractivity contribution in [3.05, 3.63) is 101 Å². The zero-order valence-electron chi connectivity index (χ0n) is 17.6. The summed E-state index contributed by atoms with van der Waals surface area (Å²) in [5.41, 5.74) is 0.310. The summed E-state index contributed by atoms with van der Waals surface area (Å²) in [5, 5.41) is 3.30. The number of halogens is 3. The van der Waals surface area contributed by atoms with Crippen molar-refractivity contribution >= 4 is 27.3 Å². The number of amides is 1. The van der Waals surface area contributed by atoms with E-state index in [9.17, 15) is 22.0 Å². The second-order valence-electron chi connectivity index (χ2n) is 8.19. The van der Waals surface area contributed by atoms with E-state index in [0.717, 1.165) is 18.2 Å². The van der Waals surface area contributed by atoms with Crippen LogP contribution in [0.1, 0.15) is 41.6 Å². The first-order valence-corrected chi connectivity index (χ1v) is 12.4. The van der Waals surface area contributed by atoms with Crippen LogP contribution >= 0.6 is 11.6 Å². The fraction of sp³-hybridized carbons (Fsp3) is 0.240. The Kier molecular flexibility index (Phi) is 6.54. The van der Waals surface area contributed by atoms with E-state index in [2.05, 4.69) is 5.32 Å². The van der Waals surface area contributed by atoms with Gasteiger partial charge in [0.25, 0.3) is 5.91 Å². The average molecular weight is 490 g/mol. The van der Waals surface area contributed by atoms with Gasteiger partial charge in [0, 0.05) is 22.2 Å². The molecule has 0 saturated heterocycles. The van der Waals surface area contributed by atoms with Gasteiger partial charge in [0.15, 0.2) is 9.84 Å². The van der Waals surface area contributed by atoms with E-state index in [0.29, 0.717) is 23.4 Å². The van der Waals surface area contributed by atoms with Crippen molar-refractivity contribution in [2.24, 2.45) is 0 Å². The highest BCUT2D eigenvalue weighted by Gasteiger charge is 2.50. The Balaban J connectivity index is 1.68. The second-order valence-corrected chi connectivity index (χ2v) is 10.9. The lowest BCUT2D eigenvalue weighted by Gasteiger charge is -2.40. The van der Waals surface area contributed by atoms with Crippen LogP contribution in [0.2, 0.25) is 5.02 Å². The number of nitrogens with one attached hydrogen (secondary N) is 1. The maximum atomic E-state index is 14.9. The summed E-state index contributed by atoms with van der Waals surface area (Å²) < 4.78 is 55.0. The number of rotatable bonds is 5. The van der Waals surface area contributed by atoms with Crippen molar-refractivity contribution in [1.29, 1.82) is 0 Å². The van der Waals surface area contributed by atoms with Gasteiger partial charge in [-0.2, -0.15) is 0 Å². The minimum absolute atomic E-state index is 0.0117. The number of hydrogen-bond acceptors (Lipinski definition) is 3. The van der Waals surface area contributed by atoms with Gasteiger partial charge < -0.3 is 5.32 Å². The maximum Gasteiger partial charge on any atom is 0.251 e. The molecule has 8 heteroatoms. The first kappa shape index (κ1) is 23.4. The van der Waals surface area contributed by atoms with Gasteiger partial charge in [-0.3, -0.25) is 4.79 Å². The van der Waals surface area contributed by atoms with Crippen LogP contribution in [0.4, 0.5) is 8.78 Å². The molecule has 0 bridgehead atoms. The fourth-order valence-electron chi connectivity index (χ4n) is 4.46. The molecule has 1 aliphatic carbocycles. The summed E-state index contributed by atoms with van der Waals surface area (Å²) in [5.74, 6) is -1.75. The highest BCUT2D eigenvalue weighted by Crippen LogP contribution is 2.48. The molecule has 1 aliphatic rings. The Morgan fingerprint density at radius 2 is 1.58 bits per heavy atom. The molecule has 0 radical (unpaired) electrons. The van der Waals surface area contributed by atoms with Crippen molar-refractivity contribution < 1.29 is 22.0 Å². The third-order valence-corrected chi connectivity index (χ3v) is 9.02. The standard InChI is InChI=1S/C25H22ClF2NO3S/c26-18-6-9-21(10-7-18)33(31,32)25(22-16-19(27)8-11-23(22)28)14-12-20(13-15-25)29-24(30)17-4-2-1-3-5-17/h1-11,16,20H,12-15H2,(H,29,30). The molecule has 3 aromatic rings. The van der Waals surface area contributed by atoms with E-state index < -0.39 is 26.2 Å². The summed E-state index contributed by atoms with van der Waals surface area (Å²) in [4.78, 5) is 12.5.